The molecule has 1 aromatic rings. The van der Waals surface area contributed by atoms with Crippen LogP contribution in [0, 0.1) is 0 Å². The molecular weight excluding hydrogens is 219 g/mol. The predicted octanol–water partition coefficient (Wildman–Crippen LogP) is -0.348. The Morgan fingerprint density at radius 2 is 2.25 bits per heavy atom. The summed E-state index contributed by atoms with van der Waals surface area (Å²) in [4.78, 5) is 10.5. The first-order chi connectivity index (χ1) is 5.65. The summed E-state index contributed by atoms with van der Waals surface area (Å²) in [5, 5.41) is 8.64. The molecule has 0 bridgehead atoms. The summed E-state index contributed by atoms with van der Waals surface area (Å²) in [6, 6.07) is 4.81. The third-order valence-corrected chi connectivity index (χ3v) is 2.42. The second-order valence-electron chi connectivity index (χ2n) is 2.26. The molecule has 1 aromatic carbocycles. The summed E-state index contributed by atoms with van der Waals surface area (Å²) in [6.45, 7) is 0. The van der Waals surface area contributed by atoms with E-state index >= 15 is 0 Å². The molecule has 1 rings (SSSR count). The van der Waals surface area contributed by atoms with Gasteiger partial charge in [-0.25, -0.2) is 0 Å². The number of carboxylic acid groups (broad SMARTS) is 1. The summed E-state index contributed by atoms with van der Waals surface area (Å²) >= 11 is 1.35. The molecule has 0 spiro atoms. The van der Waals surface area contributed by atoms with Crippen LogP contribution in [0.3, 0.4) is 0 Å². The quantitative estimate of drug-likeness (QED) is 0.704. The Labute approximate surface area is 78.9 Å². The first-order valence-electron chi connectivity index (χ1n) is 3.32. The van der Waals surface area contributed by atoms with Gasteiger partial charge in [-0.1, -0.05) is 0 Å². The Hall–Kier alpha value is -0.952. The monoisotopic (exact) mass is 228 g/mol. The molecule has 64 valence electrons. The van der Waals surface area contributed by atoms with Gasteiger partial charge >= 0.3 is 78.4 Å². The number of benzene rings is 1. The fraction of sp³-hybridized carbons (Fsp3) is 0.125. The maximum atomic E-state index is 10.5. The molecule has 12 heavy (non-hydrogen) atoms. The van der Waals surface area contributed by atoms with Gasteiger partial charge in [0.05, 0.1) is 0 Å². The first kappa shape index (κ1) is 9.14. The zero-order chi connectivity index (χ0) is 9.14. The van der Waals surface area contributed by atoms with Crippen LogP contribution in [-0.4, -0.2) is 35.0 Å². The van der Waals surface area contributed by atoms with Gasteiger partial charge in [0.25, 0.3) is 0 Å². The van der Waals surface area contributed by atoms with Crippen molar-refractivity contribution in [2.45, 2.75) is 0 Å². The summed E-state index contributed by atoms with van der Waals surface area (Å²) in [6.07, 6.45) is 0. The number of rotatable bonds is 2. The zero-order valence-electron chi connectivity index (χ0n) is 6.57. The number of hydrogen-bond donors (Lipinski definition) is 1. The van der Waals surface area contributed by atoms with Crippen LogP contribution >= 0.6 is 0 Å². The maximum absolute atomic E-state index is 10.5. The molecule has 0 amide bonds. The van der Waals surface area contributed by atoms with Crippen LogP contribution < -0.4 is 9.09 Å². The molecule has 0 aliphatic heterocycles. The van der Waals surface area contributed by atoms with Gasteiger partial charge in [0, 0.05) is 0 Å². The van der Waals surface area contributed by atoms with Crippen molar-refractivity contribution in [3.05, 3.63) is 23.8 Å². The molecular formula is C8H9AsO3. The van der Waals surface area contributed by atoms with Crippen LogP contribution in [0.5, 0.6) is 5.75 Å². The number of aromatic carboxylic acids is 1. The number of carboxylic acids is 1. The molecule has 0 radical (unpaired) electrons. The van der Waals surface area contributed by atoms with E-state index in [2.05, 4.69) is 0 Å². The summed E-state index contributed by atoms with van der Waals surface area (Å²) < 4.78 is 5.90. The first-order valence-corrected chi connectivity index (χ1v) is 4.53. The van der Waals surface area contributed by atoms with Gasteiger partial charge in [-0.05, 0) is 0 Å². The van der Waals surface area contributed by atoms with Gasteiger partial charge in [0.15, 0.2) is 0 Å². The van der Waals surface area contributed by atoms with Crippen molar-refractivity contribution in [1.82, 2.24) is 0 Å². The van der Waals surface area contributed by atoms with E-state index in [0.29, 0.717) is 5.56 Å². The zero-order valence-corrected chi connectivity index (χ0v) is 9.00. The van der Waals surface area contributed by atoms with Crippen molar-refractivity contribution in [2.75, 3.05) is 7.11 Å². The molecule has 3 nitrogen and oxygen atoms in total. The van der Waals surface area contributed by atoms with Crippen molar-refractivity contribution in [3.8, 4) is 5.75 Å². The van der Waals surface area contributed by atoms with Crippen molar-refractivity contribution in [1.29, 1.82) is 0 Å². The average Bonchev–Trinajstić information content (AvgIpc) is 2.04. The molecule has 0 saturated heterocycles. The Morgan fingerprint density at radius 1 is 1.58 bits per heavy atom. The van der Waals surface area contributed by atoms with Crippen LogP contribution in [0.4, 0.5) is 0 Å². The molecule has 4 heteroatoms. The third kappa shape index (κ3) is 1.80. The molecule has 0 saturated carbocycles. The molecule has 0 fully saturated rings. The van der Waals surface area contributed by atoms with Crippen molar-refractivity contribution in [2.24, 2.45) is 0 Å². The number of ether oxygens (including phenoxy) is 1. The number of carbonyl (C=O) groups is 1. The Kier molecular flexibility index (Phi) is 2.77. The van der Waals surface area contributed by atoms with Crippen LogP contribution in [0.15, 0.2) is 18.2 Å². The Balaban J connectivity index is 3.10. The van der Waals surface area contributed by atoms with E-state index in [1.54, 1.807) is 19.2 Å². The van der Waals surface area contributed by atoms with Crippen molar-refractivity contribution in [3.63, 3.8) is 0 Å². The van der Waals surface area contributed by atoms with Crippen LogP contribution in [-0.2, 0) is 0 Å². The second-order valence-corrected chi connectivity index (χ2v) is 3.57. The van der Waals surface area contributed by atoms with Crippen LogP contribution in [0.2, 0.25) is 0 Å². The molecule has 0 aliphatic rings. The summed E-state index contributed by atoms with van der Waals surface area (Å²) in [7, 11) is 1.57. The normalized spacial score (nSPS) is 9.50. The van der Waals surface area contributed by atoms with E-state index in [-0.39, 0.29) is 0 Å². The van der Waals surface area contributed by atoms with Crippen LogP contribution in [0.25, 0.3) is 0 Å². The van der Waals surface area contributed by atoms with Gasteiger partial charge in [0.1, 0.15) is 0 Å². The molecule has 0 aromatic heterocycles. The second kappa shape index (κ2) is 3.63. The van der Waals surface area contributed by atoms with E-state index in [1.165, 1.54) is 22.9 Å². The third-order valence-electron chi connectivity index (χ3n) is 1.48. The predicted molar refractivity (Wildman–Crippen MR) is 48.1 cm³/mol. The van der Waals surface area contributed by atoms with Crippen molar-refractivity contribution < 1.29 is 14.6 Å². The van der Waals surface area contributed by atoms with Gasteiger partial charge in [0.2, 0.25) is 0 Å². The number of methoxy groups -OCH3 is 1. The Morgan fingerprint density at radius 3 is 2.67 bits per heavy atom. The average molecular weight is 228 g/mol. The van der Waals surface area contributed by atoms with Crippen molar-refractivity contribution >= 4 is 27.2 Å². The van der Waals surface area contributed by atoms with Gasteiger partial charge in [-0.2, -0.15) is 0 Å². The summed E-state index contributed by atoms with van der Waals surface area (Å²) in [5.41, 5.74) is 0.301. The fourth-order valence-electron chi connectivity index (χ4n) is 0.867. The molecule has 1 unspecified atom stereocenters. The Bertz CT molecular complexity index is 309. The van der Waals surface area contributed by atoms with E-state index in [4.69, 9.17) is 9.84 Å². The van der Waals surface area contributed by atoms with E-state index in [0.717, 1.165) is 10.1 Å². The molecule has 0 heterocycles. The van der Waals surface area contributed by atoms with Gasteiger partial charge in [-0.3, -0.25) is 0 Å². The van der Waals surface area contributed by atoms with Gasteiger partial charge in [-0.15, -0.1) is 0 Å². The van der Waals surface area contributed by atoms with E-state index < -0.39 is 5.97 Å². The SMILES string of the molecule is COc1ccc(C(=O)O)cc1[AsH2]. The van der Waals surface area contributed by atoms with Gasteiger partial charge < -0.3 is 0 Å². The molecule has 1 N–H and O–H groups in total. The van der Waals surface area contributed by atoms with E-state index in [1.807, 2.05) is 0 Å². The topological polar surface area (TPSA) is 46.5 Å². The molecule has 0 aliphatic carbocycles. The fourth-order valence-corrected chi connectivity index (χ4v) is 1.69. The van der Waals surface area contributed by atoms with E-state index in [9.17, 15) is 4.79 Å². The standard InChI is InChI=1S/C8H9AsO3/c1-12-7-3-2-5(8(10)11)4-6(7)9/h2-4H,9H2,1H3,(H,10,11). The van der Waals surface area contributed by atoms with Crippen LogP contribution in [0.1, 0.15) is 10.4 Å². The minimum absolute atomic E-state index is 0.301. The molecule has 1 atom stereocenters. The number of hydrogen-bond acceptors (Lipinski definition) is 2. The summed E-state index contributed by atoms with van der Waals surface area (Å²) in [5.74, 6) is -0.170. The minimum atomic E-state index is -0.906.